The van der Waals surface area contributed by atoms with Crippen LogP contribution in [0.25, 0.3) is 0 Å². The average molecular weight is 365 g/mol. The van der Waals surface area contributed by atoms with Crippen molar-refractivity contribution in [2.75, 3.05) is 20.1 Å². The highest BCUT2D eigenvalue weighted by Gasteiger charge is 2.48. The first-order valence-electron chi connectivity index (χ1n) is 6.54. The van der Waals surface area contributed by atoms with Crippen LogP contribution in [-0.4, -0.2) is 54.1 Å². The normalized spacial score (nSPS) is 24.2. The molecule has 0 radical (unpaired) electrons. The van der Waals surface area contributed by atoms with Crippen molar-refractivity contribution < 1.29 is 18.0 Å². The van der Waals surface area contributed by atoms with Gasteiger partial charge in [0.25, 0.3) is 5.91 Å². The van der Waals surface area contributed by atoms with Crippen molar-refractivity contribution in [3.63, 3.8) is 0 Å². The third-order valence-corrected chi connectivity index (χ3v) is 4.53. The molecule has 2 unspecified atom stereocenters. The molecule has 1 amide bonds. The molecule has 1 heterocycles. The molecule has 1 aromatic rings. The van der Waals surface area contributed by atoms with Crippen LogP contribution < -0.4 is 0 Å². The number of carbonyl (C=O) groups excluding carboxylic acids is 1. The van der Waals surface area contributed by atoms with Crippen molar-refractivity contribution in [1.29, 1.82) is 0 Å². The molecule has 0 saturated carbocycles. The predicted molar refractivity (Wildman–Crippen MR) is 77.1 cm³/mol. The van der Waals surface area contributed by atoms with E-state index in [-0.39, 0.29) is 25.0 Å². The van der Waals surface area contributed by atoms with E-state index < -0.39 is 12.2 Å². The van der Waals surface area contributed by atoms with E-state index in [1.165, 1.54) is 16.8 Å². The van der Waals surface area contributed by atoms with E-state index in [0.717, 1.165) is 0 Å². The minimum Gasteiger partial charge on any atom is -0.335 e. The number of nitrogens with zero attached hydrogens (tertiary/aromatic N) is 2. The lowest BCUT2D eigenvalue weighted by molar-refractivity contribution is -0.197. The van der Waals surface area contributed by atoms with Gasteiger partial charge in [-0.15, -0.1) is 0 Å². The summed E-state index contributed by atoms with van der Waals surface area (Å²) in [5.74, 6) is -0.378. The summed E-state index contributed by atoms with van der Waals surface area (Å²) in [6.07, 6.45) is -4.35. The van der Waals surface area contributed by atoms with Crippen molar-refractivity contribution >= 4 is 21.8 Å². The minimum atomic E-state index is -4.35. The minimum absolute atomic E-state index is 0.281. The summed E-state index contributed by atoms with van der Waals surface area (Å²) in [6.45, 7) is 1.63. The zero-order valence-corrected chi connectivity index (χ0v) is 13.3. The summed E-state index contributed by atoms with van der Waals surface area (Å²) in [5.41, 5.74) is 0.384. The first-order valence-corrected chi connectivity index (χ1v) is 7.33. The topological polar surface area (TPSA) is 23.6 Å². The molecule has 7 heteroatoms. The van der Waals surface area contributed by atoms with Crippen LogP contribution in [0.5, 0.6) is 0 Å². The van der Waals surface area contributed by atoms with E-state index in [2.05, 4.69) is 15.9 Å². The summed E-state index contributed by atoms with van der Waals surface area (Å²) < 4.78 is 39.9. The van der Waals surface area contributed by atoms with Gasteiger partial charge >= 0.3 is 6.18 Å². The standard InChI is InChI=1S/C14H16BrF3N2O/c1-9-7-20(8-12(19(9)2)14(16,17)18)13(21)10-5-3-4-6-11(10)15/h3-6,9,12H,7-8H2,1-2H3. The van der Waals surface area contributed by atoms with E-state index in [9.17, 15) is 18.0 Å². The van der Waals surface area contributed by atoms with E-state index in [1.54, 1.807) is 31.2 Å². The second-order valence-electron chi connectivity index (χ2n) is 5.26. The molecule has 0 bridgehead atoms. The Hall–Kier alpha value is -1.08. The van der Waals surface area contributed by atoms with E-state index in [0.29, 0.717) is 10.0 Å². The molecule has 1 aliphatic heterocycles. The Bertz CT molecular complexity index is 535. The van der Waals surface area contributed by atoms with Crippen LogP contribution in [0.3, 0.4) is 0 Å². The summed E-state index contributed by atoms with van der Waals surface area (Å²) >= 11 is 3.26. The molecular formula is C14H16BrF3N2O. The fraction of sp³-hybridized carbons (Fsp3) is 0.500. The Morgan fingerprint density at radius 1 is 1.29 bits per heavy atom. The quantitative estimate of drug-likeness (QED) is 0.764. The smallest absolute Gasteiger partial charge is 0.335 e. The van der Waals surface area contributed by atoms with Gasteiger partial charge in [-0.2, -0.15) is 13.2 Å². The number of halogens is 4. The SMILES string of the molecule is CC1CN(C(=O)c2ccccc2Br)CC(C(F)(F)F)N1C. The molecule has 0 spiro atoms. The van der Waals surface area contributed by atoms with Gasteiger partial charge in [0, 0.05) is 23.6 Å². The van der Waals surface area contributed by atoms with Gasteiger partial charge in [-0.3, -0.25) is 9.69 Å². The van der Waals surface area contributed by atoms with Crippen molar-refractivity contribution in [3.8, 4) is 0 Å². The fourth-order valence-electron chi connectivity index (χ4n) is 2.47. The number of alkyl halides is 3. The van der Waals surface area contributed by atoms with E-state index in [1.807, 2.05) is 0 Å². The van der Waals surface area contributed by atoms with Crippen molar-refractivity contribution in [2.45, 2.75) is 25.2 Å². The van der Waals surface area contributed by atoms with Crippen LogP contribution in [-0.2, 0) is 0 Å². The molecule has 3 nitrogen and oxygen atoms in total. The zero-order valence-electron chi connectivity index (χ0n) is 11.7. The second-order valence-corrected chi connectivity index (χ2v) is 6.12. The number of hydrogen-bond donors (Lipinski definition) is 0. The van der Waals surface area contributed by atoms with Gasteiger partial charge < -0.3 is 4.90 Å². The molecule has 1 aliphatic rings. The predicted octanol–water partition coefficient (Wildman–Crippen LogP) is 3.16. The first kappa shape index (κ1) is 16.3. The lowest BCUT2D eigenvalue weighted by Gasteiger charge is -2.44. The molecular weight excluding hydrogens is 349 g/mol. The average Bonchev–Trinajstić information content (AvgIpc) is 2.40. The maximum atomic E-state index is 13.1. The van der Waals surface area contributed by atoms with Crippen LogP contribution in [0.1, 0.15) is 17.3 Å². The number of rotatable bonds is 1. The van der Waals surface area contributed by atoms with Crippen molar-refractivity contribution in [2.24, 2.45) is 0 Å². The van der Waals surface area contributed by atoms with Gasteiger partial charge in [0.2, 0.25) is 0 Å². The Morgan fingerprint density at radius 3 is 2.48 bits per heavy atom. The number of likely N-dealkylation sites (N-methyl/N-ethyl adjacent to an activating group) is 1. The van der Waals surface area contributed by atoms with Gasteiger partial charge in [-0.25, -0.2) is 0 Å². The summed E-state index contributed by atoms with van der Waals surface area (Å²) in [5, 5.41) is 0. The second kappa shape index (κ2) is 5.96. The molecule has 21 heavy (non-hydrogen) atoms. The highest BCUT2D eigenvalue weighted by atomic mass is 79.9. The first-order chi connectivity index (χ1) is 9.71. The Kier molecular flexibility index (Phi) is 4.63. The van der Waals surface area contributed by atoms with Crippen LogP contribution in [0.2, 0.25) is 0 Å². The zero-order chi connectivity index (χ0) is 15.8. The monoisotopic (exact) mass is 364 g/mol. The molecule has 116 valence electrons. The molecule has 0 aliphatic carbocycles. The molecule has 1 saturated heterocycles. The van der Waals surface area contributed by atoms with Crippen LogP contribution >= 0.6 is 15.9 Å². The molecule has 2 atom stereocenters. The largest absolute Gasteiger partial charge is 0.405 e. The summed E-state index contributed by atoms with van der Waals surface area (Å²) in [7, 11) is 1.45. The van der Waals surface area contributed by atoms with Gasteiger partial charge in [0.05, 0.1) is 5.56 Å². The number of amides is 1. The van der Waals surface area contributed by atoms with Gasteiger partial charge in [-0.1, -0.05) is 12.1 Å². The summed E-state index contributed by atoms with van der Waals surface area (Å²) in [6, 6.07) is 4.78. The maximum Gasteiger partial charge on any atom is 0.405 e. The Labute approximate surface area is 129 Å². The van der Waals surface area contributed by atoms with E-state index >= 15 is 0 Å². The third-order valence-electron chi connectivity index (χ3n) is 3.83. The van der Waals surface area contributed by atoms with Crippen molar-refractivity contribution in [1.82, 2.24) is 9.80 Å². The lowest BCUT2D eigenvalue weighted by atomic mass is 10.1. The molecule has 1 aromatic carbocycles. The Morgan fingerprint density at radius 2 is 1.90 bits per heavy atom. The highest BCUT2D eigenvalue weighted by Crippen LogP contribution is 2.30. The lowest BCUT2D eigenvalue weighted by Crippen LogP contribution is -2.62. The number of benzene rings is 1. The third kappa shape index (κ3) is 3.40. The maximum absolute atomic E-state index is 13.1. The van der Waals surface area contributed by atoms with Gasteiger partial charge in [0.1, 0.15) is 6.04 Å². The molecule has 0 aromatic heterocycles. The Balaban J connectivity index is 2.25. The van der Waals surface area contributed by atoms with Gasteiger partial charge in [0.15, 0.2) is 0 Å². The van der Waals surface area contributed by atoms with Crippen molar-refractivity contribution in [3.05, 3.63) is 34.3 Å². The highest BCUT2D eigenvalue weighted by molar-refractivity contribution is 9.10. The molecule has 0 N–H and O–H groups in total. The van der Waals surface area contributed by atoms with Crippen LogP contribution in [0, 0.1) is 0 Å². The molecule has 2 rings (SSSR count). The fourth-order valence-corrected chi connectivity index (χ4v) is 2.93. The number of piperazine rings is 1. The van der Waals surface area contributed by atoms with Gasteiger partial charge in [-0.05, 0) is 42.0 Å². The van der Waals surface area contributed by atoms with E-state index in [4.69, 9.17) is 0 Å². The molecule has 1 fully saturated rings. The number of carbonyl (C=O) groups is 1. The summed E-state index contributed by atoms with van der Waals surface area (Å²) in [4.78, 5) is 15.0. The van der Waals surface area contributed by atoms with Crippen LogP contribution in [0.15, 0.2) is 28.7 Å². The number of hydrogen-bond acceptors (Lipinski definition) is 2. The van der Waals surface area contributed by atoms with Crippen LogP contribution in [0.4, 0.5) is 13.2 Å².